The highest BCUT2D eigenvalue weighted by Gasteiger charge is 2.10. The Morgan fingerprint density at radius 3 is 2.73 bits per heavy atom. The molecule has 2 N–H and O–H groups in total. The van der Waals surface area contributed by atoms with Crippen molar-refractivity contribution in [2.75, 3.05) is 18.5 Å². The fraction of sp³-hybridized carbons (Fsp3) is 0.364. The van der Waals surface area contributed by atoms with Gasteiger partial charge in [-0.1, -0.05) is 17.7 Å². The van der Waals surface area contributed by atoms with Crippen LogP contribution < -0.4 is 10.6 Å². The molecule has 15 heavy (non-hydrogen) atoms. The van der Waals surface area contributed by atoms with Gasteiger partial charge in [-0.3, -0.25) is 4.79 Å². The van der Waals surface area contributed by atoms with Crippen molar-refractivity contribution in [3.05, 3.63) is 28.8 Å². The van der Waals surface area contributed by atoms with E-state index in [0.717, 1.165) is 11.3 Å². The zero-order valence-electron chi connectivity index (χ0n) is 8.96. The van der Waals surface area contributed by atoms with Crippen molar-refractivity contribution in [1.82, 2.24) is 0 Å². The normalized spacial score (nSPS) is 10.1. The van der Waals surface area contributed by atoms with Crippen LogP contribution in [0.3, 0.4) is 0 Å². The molecule has 0 radical (unpaired) electrons. The Labute approximate surface area is 94.8 Å². The highest BCUT2D eigenvalue weighted by atomic mass is 35.5. The smallest absolute Gasteiger partial charge is 0.227 e. The fourth-order valence-electron chi connectivity index (χ4n) is 1.23. The summed E-state index contributed by atoms with van der Waals surface area (Å²) < 4.78 is 0. The molecule has 1 aromatic rings. The zero-order chi connectivity index (χ0) is 11.4. The van der Waals surface area contributed by atoms with Gasteiger partial charge in [-0.2, -0.15) is 0 Å². The van der Waals surface area contributed by atoms with Crippen molar-refractivity contribution in [1.29, 1.82) is 0 Å². The topological polar surface area (TPSA) is 46.3 Å². The molecule has 0 saturated carbocycles. The molecule has 1 aromatic carbocycles. The molecule has 0 aliphatic heterocycles. The van der Waals surface area contributed by atoms with E-state index in [1.54, 1.807) is 18.0 Å². The van der Waals surface area contributed by atoms with Crippen molar-refractivity contribution in [2.24, 2.45) is 5.73 Å². The average Bonchev–Trinajstić information content (AvgIpc) is 2.21. The van der Waals surface area contributed by atoms with Gasteiger partial charge in [-0.15, -0.1) is 0 Å². The number of rotatable bonds is 3. The molecular formula is C11H15ClN2O. The van der Waals surface area contributed by atoms with Crippen LogP contribution in [0, 0.1) is 6.92 Å². The minimum absolute atomic E-state index is 0.00239. The van der Waals surface area contributed by atoms with Crippen LogP contribution in [0.4, 0.5) is 5.69 Å². The number of carbonyl (C=O) groups is 1. The molecular weight excluding hydrogens is 212 g/mol. The molecule has 3 nitrogen and oxygen atoms in total. The van der Waals surface area contributed by atoms with E-state index in [-0.39, 0.29) is 5.91 Å². The Hall–Kier alpha value is -1.06. The van der Waals surface area contributed by atoms with E-state index < -0.39 is 0 Å². The number of hydrogen-bond acceptors (Lipinski definition) is 2. The van der Waals surface area contributed by atoms with Crippen molar-refractivity contribution >= 4 is 23.2 Å². The van der Waals surface area contributed by atoms with Crippen LogP contribution in [0.2, 0.25) is 5.02 Å². The first-order chi connectivity index (χ1) is 7.06. The summed E-state index contributed by atoms with van der Waals surface area (Å²) in [7, 11) is 1.72. The maximum atomic E-state index is 11.5. The van der Waals surface area contributed by atoms with E-state index >= 15 is 0 Å². The molecule has 0 bridgehead atoms. The summed E-state index contributed by atoms with van der Waals surface area (Å²) in [6.45, 7) is 2.29. The number of nitrogens with zero attached hydrogens (tertiary/aromatic N) is 1. The second-order valence-corrected chi connectivity index (χ2v) is 3.83. The van der Waals surface area contributed by atoms with Gasteiger partial charge >= 0.3 is 0 Å². The fourth-order valence-corrected chi connectivity index (χ4v) is 1.40. The second kappa shape index (κ2) is 5.14. The summed E-state index contributed by atoms with van der Waals surface area (Å²) >= 11 is 5.98. The average molecular weight is 227 g/mol. The van der Waals surface area contributed by atoms with Gasteiger partial charge < -0.3 is 10.6 Å². The summed E-state index contributed by atoms with van der Waals surface area (Å²) in [6.07, 6.45) is 0.349. The SMILES string of the molecule is Cc1ccc(N(C)C(=O)CCN)cc1Cl. The molecule has 0 unspecified atom stereocenters. The maximum Gasteiger partial charge on any atom is 0.227 e. The summed E-state index contributed by atoms with van der Waals surface area (Å²) in [5.74, 6) is -0.00239. The lowest BCUT2D eigenvalue weighted by Gasteiger charge is -2.17. The molecule has 0 aliphatic carbocycles. The minimum atomic E-state index is -0.00239. The lowest BCUT2D eigenvalue weighted by atomic mass is 10.2. The first-order valence-corrected chi connectivity index (χ1v) is 5.17. The number of nitrogens with two attached hydrogens (primary N) is 1. The summed E-state index contributed by atoms with van der Waals surface area (Å²) in [4.78, 5) is 13.1. The number of halogens is 1. The van der Waals surface area contributed by atoms with Crippen LogP contribution in [0.1, 0.15) is 12.0 Å². The number of aryl methyl sites for hydroxylation is 1. The number of amides is 1. The van der Waals surface area contributed by atoms with Crippen molar-refractivity contribution in [3.63, 3.8) is 0 Å². The number of hydrogen-bond donors (Lipinski definition) is 1. The van der Waals surface area contributed by atoms with E-state index in [2.05, 4.69) is 0 Å². The minimum Gasteiger partial charge on any atom is -0.330 e. The van der Waals surface area contributed by atoms with Crippen LogP contribution in [0.15, 0.2) is 18.2 Å². The molecule has 0 aromatic heterocycles. The zero-order valence-corrected chi connectivity index (χ0v) is 9.71. The third kappa shape index (κ3) is 2.94. The van der Waals surface area contributed by atoms with Crippen molar-refractivity contribution in [3.8, 4) is 0 Å². The van der Waals surface area contributed by atoms with Gasteiger partial charge in [0.2, 0.25) is 5.91 Å². The maximum absolute atomic E-state index is 11.5. The molecule has 0 fully saturated rings. The highest BCUT2D eigenvalue weighted by Crippen LogP contribution is 2.22. The van der Waals surface area contributed by atoms with Gasteiger partial charge in [0, 0.05) is 30.7 Å². The lowest BCUT2D eigenvalue weighted by Crippen LogP contribution is -2.28. The monoisotopic (exact) mass is 226 g/mol. The number of anilines is 1. The number of benzene rings is 1. The van der Waals surface area contributed by atoms with Gasteiger partial charge in [0.25, 0.3) is 0 Å². The molecule has 82 valence electrons. The first-order valence-electron chi connectivity index (χ1n) is 4.79. The van der Waals surface area contributed by atoms with Crippen LogP contribution in [-0.4, -0.2) is 19.5 Å². The van der Waals surface area contributed by atoms with Crippen LogP contribution >= 0.6 is 11.6 Å². The molecule has 0 atom stereocenters. The van der Waals surface area contributed by atoms with Gasteiger partial charge in [0.15, 0.2) is 0 Å². The Morgan fingerprint density at radius 2 is 2.20 bits per heavy atom. The Morgan fingerprint density at radius 1 is 1.53 bits per heavy atom. The summed E-state index contributed by atoms with van der Waals surface area (Å²) in [5.41, 5.74) is 7.12. The second-order valence-electron chi connectivity index (χ2n) is 3.42. The Kier molecular flexibility index (Phi) is 4.12. The van der Waals surface area contributed by atoms with Gasteiger partial charge in [-0.05, 0) is 24.6 Å². The summed E-state index contributed by atoms with van der Waals surface area (Å²) in [5, 5.41) is 0.667. The largest absolute Gasteiger partial charge is 0.330 e. The van der Waals surface area contributed by atoms with E-state index in [1.165, 1.54) is 0 Å². The molecule has 4 heteroatoms. The van der Waals surface area contributed by atoms with Crippen molar-refractivity contribution in [2.45, 2.75) is 13.3 Å². The van der Waals surface area contributed by atoms with Crippen molar-refractivity contribution < 1.29 is 4.79 Å². The predicted octanol–water partition coefficient (Wildman–Crippen LogP) is 1.96. The standard InChI is InChI=1S/C11H15ClN2O/c1-8-3-4-9(7-10(8)12)14(2)11(15)5-6-13/h3-4,7H,5-6,13H2,1-2H3. The molecule has 1 amide bonds. The van der Waals surface area contributed by atoms with Crippen LogP contribution in [0.5, 0.6) is 0 Å². The molecule has 0 aliphatic rings. The molecule has 1 rings (SSSR count). The third-order valence-electron chi connectivity index (χ3n) is 2.28. The molecule has 0 spiro atoms. The molecule has 0 saturated heterocycles. The van der Waals surface area contributed by atoms with E-state index in [9.17, 15) is 4.79 Å². The van der Waals surface area contributed by atoms with E-state index in [4.69, 9.17) is 17.3 Å². The Bertz CT molecular complexity index is 366. The lowest BCUT2D eigenvalue weighted by molar-refractivity contribution is -0.118. The van der Waals surface area contributed by atoms with E-state index in [1.807, 2.05) is 19.1 Å². The van der Waals surface area contributed by atoms with Gasteiger partial charge in [0.05, 0.1) is 0 Å². The first kappa shape index (κ1) is 12.0. The quantitative estimate of drug-likeness (QED) is 0.857. The van der Waals surface area contributed by atoms with Gasteiger partial charge in [-0.25, -0.2) is 0 Å². The van der Waals surface area contributed by atoms with Gasteiger partial charge in [0.1, 0.15) is 0 Å². The van der Waals surface area contributed by atoms with Crippen LogP contribution in [0.25, 0.3) is 0 Å². The Balaban J connectivity index is 2.86. The predicted molar refractivity (Wildman–Crippen MR) is 63.3 cm³/mol. The number of carbonyl (C=O) groups excluding carboxylic acids is 1. The summed E-state index contributed by atoms with van der Waals surface area (Å²) in [6, 6.07) is 5.55. The third-order valence-corrected chi connectivity index (χ3v) is 2.68. The molecule has 0 heterocycles. The van der Waals surface area contributed by atoms with Crippen LogP contribution in [-0.2, 0) is 4.79 Å². The highest BCUT2D eigenvalue weighted by molar-refractivity contribution is 6.31. The van der Waals surface area contributed by atoms with E-state index in [0.29, 0.717) is 18.0 Å².